The monoisotopic (exact) mass is 389 g/mol. The van der Waals surface area contributed by atoms with E-state index < -0.39 is 11.9 Å². The molecule has 0 aromatic heterocycles. The first-order chi connectivity index (χ1) is 12.7. The first-order valence-electron chi connectivity index (χ1n) is 8.60. The molecule has 0 heterocycles. The van der Waals surface area contributed by atoms with E-state index in [4.69, 9.17) is 21.1 Å². The molecule has 2 aromatic carbocycles. The molecule has 0 aliphatic heterocycles. The Hall–Kier alpha value is -2.53. The number of benzene rings is 2. The number of esters is 1. The van der Waals surface area contributed by atoms with Crippen molar-refractivity contribution in [3.8, 4) is 5.75 Å². The molecule has 5 nitrogen and oxygen atoms in total. The van der Waals surface area contributed by atoms with Gasteiger partial charge in [0.25, 0.3) is 5.91 Å². The van der Waals surface area contributed by atoms with Crippen molar-refractivity contribution in [3.63, 3.8) is 0 Å². The van der Waals surface area contributed by atoms with Gasteiger partial charge in [-0.25, -0.2) is 4.79 Å². The lowest BCUT2D eigenvalue weighted by atomic mass is 10.1. The molecule has 0 aliphatic rings. The van der Waals surface area contributed by atoms with E-state index in [0.717, 1.165) is 33.5 Å². The molecule has 0 fully saturated rings. The van der Waals surface area contributed by atoms with Gasteiger partial charge in [-0.05, 0) is 69.0 Å². The first-order valence-corrected chi connectivity index (χ1v) is 8.98. The van der Waals surface area contributed by atoms with Gasteiger partial charge in [-0.15, -0.1) is 0 Å². The Morgan fingerprint density at radius 1 is 0.889 bits per heavy atom. The maximum absolute atomic E-state index is 12.1. The van der Waals surface area contributed by atoms with Crippen molar-refractivity contribution in [2.24, 2.45) is 0 Å². The zero-order valence-corrected chi connectivity index (χ0v) is 17.0. The smallest absolute Gasteiger partial charge is 0.344 e. The molecule has 0 bridgehead atoms. The molecule has 0 saturated heterocycles. The lowest BCUT2D eigenvalue weighted by molar-refractivity contribution is -0.149. The highest BCUT2D eigenvalue weighted by Gasteiger charge is 2.13. The maximum atomic E-state index is 12.1. The van der Waals surface area contributed by atoms with E-state index in [0.29, 0.717) is 10.8 Å². The van der Waals surface area contributed by atoms with Crippen LogP contribution < -0.4 is 10.1 Å². The van der Waals surface area contributed by atoms with Gasteiger partial charge in [-0.2, -0.15) is 0 Å². The van der Waals surface area contributed by atoms with Crippen LogP contribution in [0.25, 0.3) is 0 Å². The molecule has 2 aromatic rings. The number of anilines is 1. The number of ether oxygens (including phenoxy) is 2. The highest BCUT2D eigenvalue weighted by atomic mass is 35.5. The first kappa shape index (κ1) is 20.8. The zero-order valence-electron chi connectivity index (χ0n) is 16.2. The topological polar surface area (TPSA) is 64.6 Å². The van der Waals surface area contributed by atoms with Crippen molar-refractivity contribution < 1.29 is 19.1 Å². The van der Waals surface area contributed by atoms with Crippen LogP contribution in [0.4, 0.5) is 5.69 Å². The van der Waals surface area contributed by atoms with Gasteiger partial charge in [0.15, 0.2) is 13.2 Å². The maximum Gasteiger partial charge on any atom is 0.344 e. The molecule has 0 atom stereocenters. The summed E-state index contributed by atoms with van der Waals surface area (Å²) in [5, 5.41) is 3.40. The van der Waals surface area contributed by atoms with Crippen LogP contribution in [0.2, 0.25) is 5.02 Å². The van der Waals surface area contributed by atoms with Gasteiger partial charge in [-0.3, -0.25) is 4.79 Å². The number of halogens is 1. The minimum atomic E-state index is -0.615. The van der Waals surface area contributed by atoms with Crippen LogP contribution >= 0.6 is 11.6 Å². The van der Waals surface area contributed by atoms with Gasteiger partial charge >= 0.3 is 5.97 Å². The normalized spacial score (nSPS) is 10.4. The van der Waals surface area contributed by atoms with Gasteiger partial charge in [0.05, 0.1) is 0 Å². The Balaban J connectivity index is 1.86. The highest BCUT2D eigenvalue weighted by Crippen LogP contribution is 2.27. The average Bonchev–Trinajstić information content (AvgIpc) is 2.55. The zero-order chi connectivity index (χ0) is 20.1. The van der Waals surface area contributed by atoms with E-state index in [1.54, 1.807) is 12.1 Å². The van der Waals surface area contributed by atoms with Crippen LogP contribution in [0.5, 0.6) is 5.75 Å². The van der Waals surface area contributed by atoms with E-state index in [1.165, 1.54) is 0 Å². The second kappa shape index (κ2) is 8.91. The Labute approximate surface area is 164 Å². The lowest BCUT2D eigenvalue weighted by Crippen LogP contribution is -2.24. The molecule has 6 heteroatoms. The van der Waals surface area contributed by atoms with Gasteiger partial charge in [0.2, 0.25) is 0 Å². The highest BCUT2D eigenvalue weighted by molar-refractivity contribution is 6.30. The molecular formula is C21H24ClNO4. The van der Waals surface area contributed by atoms with Crippen molar-refractivity contribution in [2.75, 3.05) is 18.5 Å². The minimum absolute atomic E-state index is 0.279. The van der Waals surface area contributed by atoms with Crippen molar-refractivity contribution in [2.45, 2.75) is 34.6 Å². The van der Waals surface area contributed by atoms with Gasteiger partial charge in [0.1, 0.15) is 5.75 Å². The molecule has 0 aliphatic carbocycles. The number of hydrogen-bond donors (Lipinski definition) is 1. The lowest BCUT2D eigenvalue weighted by Gasteiger charge is -2.14. The van der Waals surface area contributed by atoms with Crippen molar-refractivity contribution >= 4 is 29.2 Å². The SMILES string of the molecule is Cc1cc(C)c(NC(=O)COC(=O)COc2c(C)cc(Cl)cc2C)c(C)c1. The van der Waals surface area contributed by atoms with Crippen LogP contribution in [0.1, 0.15) is 27.8 Å². The molecule has 2 rings (SSSR count). The third-order valence-corrected chi connectivity index (χ3v) is 4.28. The summed E-state index contributed by atoms with van der Waals surface area (Å²) < 4.78 is 10.5. The predicted molar refractivity (Wildman–Crippen MR) is 107 cm³/mol. The number of hydrogen-bond acceptors (Lipinski definition) is 4. The number of rotatable bonds is 6. The van der Waals surface area contributed by atoms with E-state index in [9.17, 15) is 9.59 Å². The number of carbonyl (C=O) groups is 2. The van der Waals surface area contributed by atoms with Crippen LogP contribution in [0.3, 0.4) is 0 Å². The van der Waals surface area contributed by atoms with Crippen molar-refractivity contribution in [1.82, 2.24) is 0 Å². The Kier molecular flexibility index (Phi) is 6.86. The fourth-order valence-corrected chi connectivity index (χ4v) is 3.32. The minimum Gasteiger partial charge on any atom is -0.481 e. The molecule has 144 valence electrons. The summed E-state index contributed by atoms with van der Waals surface area (Å²) in [6.07, 6.45) is 0. The number of aryl methyl sites for hydroxylation is 5. The summed E-state index contributed by atoms with van der Waals surface area (Å²) in [6.45, 7) is 8.89. The molecule has 0 spiro atoms. The number of carbonyl (C=O) groups excluding carboxylic acids is 2. The van der Waals surface area contributed by atoms with Gasteiger partial charge in [0, 0.05) is 10.7 Å². The predicted octanol–water partition coefficient (Wildman–Crippen LogP) is 4.44. The molecular weight excluding hydrogens is 366 g/mol. The largest absolute Gasteiger partial charge is 0.481 e. The molecule has 1 amide bonds. The summed E-state index contributed by atoms with van der Waals surface area (Å²) in [7, 11) is 0. The average molecular weight is 390 g/mol. The second-order valence-corrected chi connectivity index (χ2v) is 7.08. The van der Waals surface area contributed by atoms with Crippen LogP contribution in [-0.4, -0.2) is 25.1 Å². The summed E-state index contributed by atoms with van der Waals surface area (Å²) in [5.74, 6) is -0.416. The number of nitrogens with one attached hydrogen (secondary N) is 1. The van der Waals surface area contributed by atoms with E-state index in [1.807, 2.05) is 46.8 Å². The molecule has 0 saturated carbocycles. The Morgan fingerprint density at radius 2 is 1.44 bits per heavy atom. The van der Waals surface area contributed by atoms with Crippen molar-refractivity contribution in [1.29, 1.82) is 0 Å². The summed E-state index contributed by atoms with van der Waals surface area (Å²) >= 11 is 5.98. The Bertz CT molecular complexity index is 830. The van der Waals surface area contributed by atoms with Crippen LogP contribution in [-0.2, 0) is 14.3 Å². The Morgan fingerprint density at radius 3 is 2.00 bits per heavy atom. The summed E-state index contributed by atoms with van der Waals surface area (Å²) in [6, 6.07) is 7.49. The standard InChI is InChI=1S/C21H24ClNO4/c1-12-6-13(2)20(14(3)7-12)23-18(24)10-26-19(25)11-27-21-15(4)8-17(22)9-16(21)5/h6-9H,10-11H2,1-5H3,(H,23,24). The molecule has 0 unspecified atom stereocenters. The van der Waals surface area contributed by atoms with Crippen molar-refractivity contribution in [3.05, 3.63) is 57.1 Å². The second-order valence-electron chi connectivity index (χ2n) is 6.64. The summed E-state index contributed by atoms with van der Waals surface area (Å²) in [5.41, 5.74) is 5.45. The number of amides is 1. The summed E-state index contributed by atoms with van der Waals surface area (Å²) in [4.78, 5) is 24.0. The van der Waals surface area contributed by atoms with Gasteiger partial charge < -0.3 is 14.8 Å². The molecule has 1 N–H and O–H groups in total. The third-order valence-electron chi connectivity index (χ3n) is 4.07. The molecule has 27 heavy (non-hydrogen) atoms. The fourth-order valence-electron chi connectivity index (χ4n) is 3.00. The van der Waals surface area contributed by atoms with E-state index >= 15 is 0 Å². The fraction of sp³-hybridized carbons (Fsp3) is 0.333. The van der Waals surface area contributed by atoms with Crippen LogP contribution in [0.15, 0.2) is 24.3 Å². The van der Waals surface area contributed by atoms with Gasteiger partial charge in [-0.1, -0.05) is 29.3 Å². The van der Waals surface area contributed by atoms with Crippen LogP contribution in [0, 0.1) is 34.6 Å². The van der Waals surface area contributed by atoms with E-state index in [2.05, 4.69) is 5.32 Å². The third kappa shape index (κ3) is 5.73. The quantitative estimate of drug-likeness (QED) is 0.741. The molecule has 0 radical (unpaired) electrons. The van der Waals surface area contributed by atoms with E-state index in [-0.39, 0.29) is 13.2 Å².